The Morgan fingerprint density at radius 1 is 1.03 bits per heavy atom. The van der Waals surface area contributed by atoms with E-state index in [1.54, 1.807) is 12.5 Å². The van der Waals surface area contributed by atoms with Crippen LogP contribution in [0.25, 0.3) is 10.9 Å². The maximum atomic E-state index is 12.5. The average molecular weight is 521 g/mol. The molecule has 0 saturated carbocycles. The number of fused-ring (bicyclic) bond motifs is 1. The quantitative estimate of drug-likeness (QED) is 0.309. The number of hydrogen-bond donors (Lipinski definition) is 2. The van der Waals surface area contributed by atoms with Gasteiger partial charge >= 0.3 is 6.03 Å². The summed E-state index contributed by atoms with van der Waals surface area (Å²) in [6.07, 6.45) is 5.34. The minimum Gasteiger partial charge on any atom is -0.455 e. The van der Waals surface area contributed by atoms with Crippen LogP contribution in [-0.4, -0.2) is 44.5 Å². The zero-order valence-electron chi connectivity index (χ0n) is 22.7. The Morgan fingerprint density at radius 3 is 2.59 bits per heavy atom. The van der Waals surface area contributed by atoms with Crippen LogP contribution in [0.5, 0.6) is 11.5 Å². The van der Waals surface area contributed by atoms with Crippen molar-refractivity contribution in [2.75, 3.05) is 11.9 Å². The summed E-state index contributed by atoms with van der Waals surface area (Å²) in [5.41, 5.74) is 4.44. The van der Waals surface area contributed by atoms with E-state index in [-0.39, 0.29) is 24.7 Å². The lowest BCUT2D eigenvalue weighted by Crippen LogP contribution is -2.45. The highest BCUT2D eigenvalue weighted by atomic mass is 16.5. The lowest BCUT2D eigenvalue weighted by Gasteiger charge is -2.25. The van der Waals surface area contributed by atoms with E-state index < -0.39 is 0 Å². The van der Waals surface area contributed by atoms with Crippen molar-refractivity contribution in [3.8, 4) is 23.3 Å². The first-order valence-electron chi connectivity index (χ1n) is 13.2. The molecule has 2 atom stereocenters. The topological polar surface area (TPSA) is 92.3 Å². The first-order valence-corrected chi connectivity index (χ1v) is 13.2. The zero-order valence-corrected chi connectivity index (χ0v) is 22.7. The lowest BCUT2D eigenvalue weighted by molar-refractivity contribution is 0.181. The molecule has 0 unspecified atom stereocenters. The van der Waals surface area contributed by atoms with Crippen LogP contribution in [0, 0.1) is 25.7 Å². The van der Waals surface area contributed by atoms with Gasteiger partial charge in [0.15, 0.2) is 0 Å². The Balaban J connectivity index is 1.28. The highest BCUT2D eigenvalue weighted by Gasteiger charge is 2.30. The predicted molar refractivity (Wildman–Crippen MR) is 153 cm³/mol. The number of nitrogens with zero attached hydrogens (tertiary/aromatic N) is 4. The third-order valence-corrected chi connectivity index (χ3v) is 6.93. The molecule has 1 saturated heterocycles. The molecule has 198 valence electrons. The second-order valence-electron chi connectivity index (χ2n) is 9.94. The summed E-state index contributed by atoms with van der Waals surface area (Å²) < 4.78 is 6.00. The number of pyridine rings is 1. The number of nitrogens with one attached hydrogen (secondary N) is 2. The van der Waals surface area contributed by atoms with Crippen LogP contribution in [0.4, 0.5) is 16.3 Å². The van der Waals surface area contributed by atoms with E-state index >= 15 is 0 Å². The highest BCUT2D eigenvalue weighted by molar-refractivity contribution is 5.91. The maximum Gasteiger partial charge on any atom is 0.318 e. The molecular formula is C31H32N6O2. The van der Waals surface area contributed by atoms with Gasteiger partial charge in [0.1, 0.15) is 23.6 Å². The number of anilines is 2. The van der Waals surface area contributed by atoms with Gasteiger partial charge in [-0.2, -0.15) is 0 Å². The number of carbonyl (C=O) groups is 1. The summed E-state index contributed by atoms with van der Waals surface area (Å²) in [5, 5.41) is 7.19. The van der Waals surface area contributed by atoms with Crippen molar-refractivity contribution in [3.05, 3.63) is 77.9 Å². The predicted octanol–water partition coefficient (Wildman–Crippen LogP) is 6.11. The number of hydrogen-bond acceptors (Lipinski definition) is 6. The Kier molecular flexibility index (Phi) is 7.60. The van der Waals surface area contributed by atoms with E-state index in [0.29, 0.717) is 11.6 Å². The highest BCUT2D eigenvalue weighted by Crippen LogP contribution is 2.30. The van der Waals surface area contributed by atoms with Gasteiger partial charge in [0, 0.05) is 34.4 Å². The van der Waals surface area contributed by atoms with Gasteiger partial charge in [-0.3, -0.25) is 4.98 Å². The SMILES string of the molecule is Cc1ccc(Oc2ccc(Nc3ncnc4ccc(C#CCNC(=O)N5[C@@H](C)CC[C@@H]5C)cc34)cc2C)cn1. The molecule has 5 rings (SSSR count). The molecule has 8 nitrogen and oxygen atoms in total. The normalized spacial score (nSPS) is 16.5. The number of aryl methyl sites for hydroxylation is 2. The van der Waals surface area contributed by atoms with Crippen molar-refractivity contribution in [2.45, 2.75) is 52.6 Å². The number of amides is 2. The minimum atomic E-state index is -0.0533. The van der Waals surface area contributed by atoms with Crippen molar-refractivity contribution >= 4 is 28.4 Å². The fourth-order valence-corrected chi connectivity index (χ4v) is 4.81. The van der Waals surface area contributed by atoms with E-state index in [4.69, 9.17) is 4.74 Å². The first-order chi connectivity index (χ1) is 18.9. The minimum absolute atomic E-state index is 0.0533. The number of carbonyl (C=O) groups excluding carboxylic acids is 1. The monoisotopic (exact) mass is 520 g/mol. The molecule has 0 bridgehead atoms. The first kappa shape index (κ1) is 26.0. The molecule has 3 heterocycles. The average Bonchev–Trinajstić information content (AvgIpc) is 3.27. The maximum absolute atomic E-state index is 12.5. The third kappa shape index (κ3) is 6.10. The number of rotatable bonds is 5. The van der Waals surface area contributed by atoms with Crippen molar-refractivity contribution < 1.29 is 9.53 Å². The van der Waals surface area contributed by atoms with E-state index in [1.165, 1.54) is 0 Å². The summed E-state index contributed by atoms with van der Waals surface area (Å²) in [4.78, 5) is 27.6. The lowest BCUT2D eigenvalue weighted by atomic mass is 10.1. The van der Waals surface area contributed by atoms with Crippen LogP contribution in [0.2, 0.25) is 0 Å². The Bertz CT molecular complexity index is 1550. The molecule has 8 heteroatoms. The van der Waals surface area contributed by atoms with Crippen LogP contribution < -0.4 is 15.4 Å². The number of ether oxygens (including phenoxy) is 1. The van der Waals surface area contributed by atoms with Gasteiger partial charge in [0.05, 0.1) is 18.3 Å². The third-order valence-electron chi connectivity index (χ3n) is 6.93. The van der Waals surface area contributed by atoms with Gasteiger partial charge in [0.2, 0.25) is 0 Å². The van der Waals surface area contributed by atoms with Gasteiger partial charge in [-0.05, 0) is 94.6 Å². The Labute approximate surface area is 228 Å². The summed E-state index contributed by atoms with van der Waals surface area (Å²) in [6, 6.07) is 16.0. The smallest absolute Gasteiger partial charge is 0.318 e. The molecule has 2 amide bonds. The Morgan fingerprint density at radius 2 is 1.85 bits per heavy atom. The van der Waals surface area contributed by atoms with Crippen LogP contribution in [0.15, 0.2) is 61.1 Å². The second-order valence-corrected chi connectivity index (χ2v) is 9.94. The number of likely N-dealkylation sites (tertiary alicyclic amines) is 1. The van der Waals surface area contributed by atoms with Gasteiger partial charge in [-0.25, -0.2) is 14.8 Å². The van der Waals surface area contributed by atoms with Gasteiger partial charge in [-0.1, -0.05) is 11.8 Å². The van der Waals surface area contributed by atoms with E-state index in [9.17, 15) is 4.79 Å². The zero-order chi connectivity index (χ0) is 27.4. The molecule has 1 fully saturated rings. The van der Waals surface area contributed by atoms with Crippen LogP contribution in [-0.2, 0) is 0 Å². The fourth-order valence-electron chi connectivity index (χ4n) is 4.81. The van der Waals surface area contributed by atoms with Gasteiger partial charge in [0.25, 0.3) is 0 Å². The van der Waals surface area contributed by atoms with Crippen LogP contribution in [0.3, 0.4) is 0 Å². The molecule has 2 N–H and O–H groups in total. The van der Waals surface area contributed by atoms with Crippen LogP contribution >= 0.6 is 0 Å². The number of benzene rings is 2. The number of urea groups is 1. The second kappa shape index (κ2) is 11.4. The molecule has 1 aliphatic heterocycles. The van der Waals surface area contributed by atoms with Gasteiger partial charge in [-0.15, -0.1) is 0 Å². The molecule has 39 heavy (non-hydrogen) atoms. The van der Waals surface area contributed by atoms with Crippen molar-refractivity contribution in [2.24, 2.45) is 0 Å². The summed E-state index contributed by atoms with van der Waals surface area (Å²) in [5.74, 6) is 8.36. The summed E-state index contributed by atoms with van der Waals surface area (Å²) in [6.45, 7) is 8.40. The standard InChI is InChI=1S/C31H32N6O2/c1-20-16-25(11-14-29(20)39-26-12-7-21(2)33-18-26)36-30-27-17-24(10-13-28(27)34-19-35-30)6-5-15-32-31(38)37-22(3)8-9-23(37)4/h7,10-14,16-19,22-23H,8-9,15H2,1-4H3,(H,32,38)(H,34,35,36)/t22-,23-/m0/s1. The van der Waals surface area contributed by atoms with Crippen molar-refractivity contribution in [3.63, 3.8) is 0 Å². The fraction of sp³-hybridized carbons (Fsp3) is 0.290. The van der Waals surface area contributed by atoms with Crippen LogP contribution in [0.1, 0.15) is 43.5 Å². The number of aromatic nitrogens is 3. The molecule has 0 spiro atoms. The van der Waals surface area contributed by atoms with E-state index in [1.807, 2.05) is 67.3 Å². The molecule has 0 aliphatic carbocycles. The van der Waals surface area contributed by atoms with E-state index in [2.05, 4.69) is 51.3 Å². The molecular weight excluding hydrogens is 488 g/mol. The van der Waals surface area contributed by atoms with Crippen molar-refractivity contribution in [1.82, 2.24) is 25.2 Å². The molecule has 4 aromatic rings. The van der Waals surface area contributed by atoms with E-state index in [0.717, 1.165) is 52.0 Å². The molecule has 2 aromatic carbocycles. The molecule has 2 aromatic heterocycles. The molecule has 0 radical (unpaired) electrons. The Hall–Kier alpha value is -4.64. The van der Waals surface area contributed by atoms with Gasteiger partial charge < -0.3 is 20.3 Å². The largest absolute Gasteiger partial charge is 0.455 e. The summed E-state index contributed by atoms with van der Waals surface area (Å²) in [7, 11) is 0. The molecule has 1 aliphatic rings. The van der Waals surface area contributed by atoms with Crippen molar-refractivity contribution in [1.29, 1.82) is 0 Å². The summed E-state index contributed by atoms with van der Waals surface area (Å²) >= 11 is 0.